The number of rotatable bonds is 2. The first-order valence-corrected chi connectivity index (χ1v) is 6.60. The second-order valence-corrected chi connectivity index (χ2v) is 5.29. The normalized spacial score (nSPS) is 10.1. The number of hydrogen-bond donors (Lipinski definition) is 2. The molecule has 0 atom stereocenters. The molecule has 2 rings (SSSR count). The van der Waals surface area contributed by atoms with Gasteiger partial charge in [0.15, 0.2) is 0 Å². The van der Waals surface area contributed by atoms with Crippen molar-refractivity contribution >= 4 is 43.5 Å². The number of carbonyl (C=O) groups excluding carboxylic acids is 1. The number of anilines is 1. The van der Waals surface area contributed by atoms with Crippen LogP contribution < -0.4 is 10.9 Å². The first-order chi connectivity index (χ1) is 8.56. The lowest BCUT2D eigenvalue weighted by Crippen LogP contribution is -2.14. The molecule has 0 aliphatic heterocycles. The summed E-state index contributed by atoms with van der Waals surface area (Å²) < 4.78 is 1.69. The summed E-state index contributed by atoms with van der Waals surface area (Å²) in [5.41, 5.74) is 0.815. The van der Waals surface area contributed by atoms with E-state index in [1.54, 1.807) is 6.07 Å². The molecular weight excluding hydrogens is 364 g/mol. The smallest absolute Gasteiger partial charge is 0.257 e. The summed E-state index contributed by atoms with van der Waals surface area (Å²) in [5.74, 6) is -0.283. The topological polar surface area (TPSA) is 62.0 Å². The van der Waals surface area contributed by atoms with E-state index in [2.05, 4.69) is 42.2 Å². The van der Waals surface area contributed by atoms with E-state index >= 15 is 0 Å². The summed E-state index contributed by atoms with van der Waals surface area (Å²) in [5, 5.41) is 2.74. The molecule has 0 bridgehead atoms. The van der Waals surface area contributed by atoms with Crippen molar-refractivity contribution in [3.63, 3.8) is 0 Å². The van der Waals surface area contributed by atoms with Gasteiger partial charge in [-0.3, -0.25) is 9.59 Å². The largest absolute Gasteiger partial charge is 0.328 e. The summed E-state index contributed by atoms with van der Waals surface area (Å²) >= 11 is 6.69. The molecule has 0 saturated carbocycles. The van der Waals surface area contributed by atoms with Gasteiger partial charge in [0.25, 0.3) is 5.91 Å². The van der Waals surface area contributed by atoms with Crippen molar-refractivity contribution in [3.8, 4) is 0 Å². The van der Waals surface area contributed by atoms with Crippen LogP contribution in [-0.4, -0.2) is 10.9 Å². The number of hydrogen-bond acceptors (Lipinski definition) is 2. The molecule has 2 aromatic rings. The number of halogens is 2. The molecule has 0 spiro atoms. The quantitative estimate of drug-likeness (QED) is 0.851. The minimum atomic E-state index is -0.283. The van der Waals surface area contributed by atoms with E-state index in [4.69, 9.17) is 0 Å². The Morgan fingerprint density at radius 1 is 1.17 bits per heavy atom. The lowest BCUT2D eigenvalue weighted by molar-refractivity contribution is 0.102. The van der Waals surface area contributed by atoms with E-state index < -0.39 is 0 Å². The van der Waals surface area contributed by atoms with Gasteiger partial charge in [-0.1, -0.05) is 15.9 Å². The maximum atomic E-state index is 11.9. The molecule has 0 aliphatic carbocycles. The fraction of sp³-hybridized carbons (Fsp3) is 0. The van der Waals surface area contributed by atoms with Crippen molar-refractivity contribution in [2.75, 3.05) is 5.32 Å². The van der Waals surface area contributed by atoms with Gasteiger partial charge in [-0.05, 0) is 40.2 Å². The summed E-state index contributed by atoms with van der Waals surface area (Å²) in [7, 11) is 0. The third kappa shape index (κ3) is 3.08. The van der Waals surface area contributed by atoms with Gasteiger partial charge in [-0.15, -0.1) is 0 Å². The predicted molar refractivity (Wildman–Crippen MR) is 76.9 cm³/mol. The number of aromatic amines is 1. The van der Waals surface area contributed by atoms with Crippen molar-refractivity contribution in [2.24, 2.45) is 0 Å². The fourth-order valence-electron chi connectivity index (χ4n) is 1.34. The molecular formula is C12H8Br2N2O2. The zero-order chi connectivity index (χ0) is 13.1. The third-order valence-corrected chi connectivity index (χ3v) is 3.38. The summed E-state index contributed by atoms with van der Waals surface area (Å²) in [6.45, 7) is 0. The molecule has 0 unspecified atom stereocenters. The molecule has 1 aromatic heterocycles. The Kier molecular flexibility index (Phi) is 3.98. The van der Waals surface area contributed by atoms with E-state index in [0.717, 1.165) is 8.95 Å². The average molecular weight is 372 g/mol. The number of H-pyrrole nitrogens is 1. The molecule has 0 aliphatic rings. The van der Waals surface area contributed by atoms with E-state index in [1.165, 1.54) is 18.3 Å². The van der Waals surface area contributed by atoms with Gasteiger partial charge in [0.2, 0.25) is 5.56 Å². The molecule has 1 heterocycles. The van der Waals surface area contributed by atoms with Gasteiger partial charge in [0, 0.05) is 21.2 Å². The Morgan fingerprint density at radius 2 is 1.94 bits per heavy atom. The maximum absolute atomic E-state index is 11.9. The standard InChI is InChI=1S/C12H8Br2N2O2/c13-8-2-3-10(9(14)5-8)16-12(18)7-1-4-11(17)15-6-7/h1-6H,(H,15,17)(H,16,18). The van der Waals surface area contributed by atoms with Crippen molar-refractivity contribution in [1.82, 2.24) is 4.98 Å². The first kappa shape index (κ1) is 13.0. The van der Waals surface area contributed by atoms with Gasteiger partial charge in [-0.25, -0.2) is 0 Å². The van der Waals surface area contributed by atoms with E-state index in [9.17, 15) is 9.59 Å². The number of aromatic nitrogens is 1. The zero-order valence-electron chi connectivity index (χ0n) is 9.04. The summed E-state index contributed by atoms with van der Waals surface area (Å²) in [6.07, 6.45) is 1.38. The number of pyridine rings is 1. The maximum Gasteiger partial charge on any atom is 0.257 e. The highest BCUT2D eigenvalue weighted by Crippen LogP contribution is 2.26. The Morgan fingerprint density at radius 3 is 2.56 bits per heavy atom. The van der Waals surface area contributed by atoms with E-state index in [1.807, 2.05) is 12.1 Å². The summed E-state index contributed by atoms with van der Waals surface area (Å²) in [6, 6.07) is 8.22. The lowest BCUT2D eigenvalue weighted by Gasteiger charge is -2.07. The van der Waals surface area contributed by atoms with E-state index in [0.29, 0.717) is 11.3 Å². The van der Waals surface area contributed by atoms with Crippen LogP contribution in [0.15, 0.2) is 50.3 Å². The highest BCUT2D eigenvalue weighted by atomic mass is 79.9. The minimum Gasteiger partial charge on any atom is -0.328 e. The van der Waals surface area contributed by atoms with Crippen molar-refractivity contribution < 1.29 is 4.79 Å². The third-order valence-electron chi connectivity index (χ3n) is 2.23. The van der Waals surface area contributed by atoms with Crippen molar-refractivity contribution in [1.29, 1.82) is 0 Å². The Labute approximate surface area is 120 Å². The molecule has 0 radical (unpaired) electrons. The SMILES string of the molecule is O=C(Nc1ccc(Br)cc1Br)c1ccc(=O)[nH]c1. The summed E-state index contributed by atoms with van der Waals surface area (Å²) in [4.78, 5) is 25.2. The van der Waals surface area contributed by atoms with E-state index in [-0.39, 0.29) is 11.5 Å². The number of carbonyl (C=O) groups is 1. The van der Waals surface area contributed by atoms with Crippen LogP contribution in [0.5, 0.6) is 0 Å². The molecule has 1 aromatic carbocycles. The van der Waals surface area contributed by atoms with Crippen molar-refractivity contribution in [2.45, 2.75) is 0 Å². The highest BCUT2D eigenvalue weighted by molar-refractivity contribution is 9.11. The predicted octanol–water partition coefficient (Wildman–Crippen LogP) is 3.15. The van der Waals surface area contributed by atoms with Gasteiger partial charge < -0.3 is 10.3 Å². The molecule has 6 heteroatoms. The average Bonchev–Trinajstić information content (AvgIpc) is 2.33. The Bertz CT molecular complexity index is 632. The van der Waals surface area contributed by atoms with Crippen LogP contribution in [0.2, 0.25) is 0 Å². The molecule has 2 N–H and O–H groups in total. The molecule has 0 fully saturated rings. The van der Waals surface area contributed by atoms with Crippen LogP contribution in [0.1, 0.15) is 10.4 Å². The fourth-order valence-corrected chi connectivity index (χ4v) is 2.48. The first-order valence-electron chi connectivity index (χ1n) is 5.01. The van der Waals surface area contributed by atoms with Crippen LogP contribution in [-0.2, 0) is 0 Å². The van der Waals surface area contributed by atoms with Crippen LogP contribution in [0, 0.1) is 0 Å². The van der Waals surface area contributed by atoms with Crippen LogP contribution in [0.3, 0.4) is 0 Å². The number of benzene rings is 1. The van der Waals surface area contributed by atoms with Gasteiger partial charge in [-0.2, -0.15) is 0 Å². The minimum absolute atomic E-state index is 0.239. The second kappa shape index (κ2) is 5.49. The van der Waals surface area contributed by atoms with Gasteiger partial charge in [0.05, 0.1) is 11.3 Å². The molecule has 92 valence electrons. The second-order valence-electron chi connectivity index (χ2n) is 3.52. The van der Waals surface area contributed by atoms with Gasteiger partial charge in [0.1, 0.15) is 0 Å². The molecule has 18 heavy (non-hydrogen) atoms. The van der Waals surface area contributed by atoms with Gasteiger partial charge >= 0.3 is 0 Å². The van der Waals surface area contributed by atoms with Crippen molar-refractivity contribution in [3.05, 3.63) is 61.4 Å². The lowest BCUT2D eigenvalue weighted by atomic mass is 10.2. The zero-order valence-corrected chi connectivity index (χ0v) is 12.2. The van der Waals surface area contributed by atoms with Crippen LogP contribution in [0.25, 0.3) is 0 Å². The highest BCUT2D eigenvalue weighted by Gasteiger charge is 2.08. The number of nitrogens with one attached hydrogen (secondary N) is 2. The molecule has 1 amide bonds. The van der Waals surface area contributed by atoms with Crippen LogP contribution in [0.4, 0.5) is 5.69 Å². The number of amides is 1. The Balaban J connectivity index is 2.21. The van der Waals surface area contributed by atoms with Crippen LogP contribution >= 0.6 is 31.9 Å². The molecule has 4 nitrogen and oxygen atoms in total. The Hall–Kier alpha value is -1.40. The molecule has 0 saturated heterocycles. The monoisotopic (exact) mass is 370 g/mol.